The molecular formula is C79H62ClF2N9O8. The summed E-state index contributed by atoms with van der Waals surface area (Å²) in [4.78, 5) is 102. The highest BCUT2D eigenvalue weighted by Gasteiger charge is 2.62. The number of carbonyl (C=O) groups excluding carboxylic acids is 7. The van der Waals surface area contributed by atoms with Gasteiger partial charge in [0.1, 0.15) is 22.8 Å². The molecule has 2 aromatic heterocycles. The average molecular weight is 1340 g/mol. The number of anilines is 1. The van der Waals surface area contributed by atoms with Crippen molar-refractivity contribution in [3.8, 4) is 0 Å². The van der Waals surface area contributed by atoms with Crippen LogP contribution in [0.4, 0.5) is 14.5 Å². The molecule has 6 aliphatic rings. The third-order valence-electron chi connectivity index (χ3n) is 19.7. The van der Waals surface area contributed by atoms with Crippen molar-refractivity contribution < 1.29 is 46.9 Å². The minimum absolute atomic E-state index is 0.0592. The molecule has 1 N–H and O–H groups in total. The van der Waals surface area contributed by atoms with Gasteiger partial charge < -0.3 is 34.3 Å². The van der Waals surface area contributed by atoms with Gasteiger partial charge in [-0.25, -0.2) is 8.78 Å². The second kappa shape index (κ2) is 25.1. The van der Waals surface area contributed by atoms with Crippen molar-refractivity contribution in [2.24, 2.45) is 0 Å². The van der Waals surface area contributed by atoms with Gasteiger partial charge in [-0.3, -0.25) is 38.2 Å². The molecule has 20 heteroatoms. The summed E-state index contributed by atoms with van der Waals surface area (Å²) >= 11 is 6.15. The van der Waals surface area contributed by atoms with Crippen molar-refractivity contribution in [3.05, 3.63) is 325 Å². The molecule has 11 aromatic rings. The predicted octanol–water partition coefficient (Wildman–Crippen LogP) is 13.5. The molecule has 0 radical (unpaired) electrons. The first-order chi connectivity index (χ1) is 48.0. The van der Waals surface area contributed by atoms with Gasteiger partial charge in [-0.15, -0.1) is 0 Å². The standard InChI is InChI=1S/C30H21F2N3O3.C26H20N2O3.C23H21ClN4O2/c31-22-12-8-19(9-13-22)27(36)33-24-5-3-4-21(18-24)30-26-7-2-1-6-25(26)29(38)35(30)17-16-34(30)28(37)20-10-14-23(32)15-11-20;29-23(24-20-10-2-4-12-22(20)27-31-24)16-17-7-5-8-18(15-17)26-13-6-14-28(26)25(30)19-9-1-3-11-21(19)26;1-3-28-20(14-15(2)25-28)22(30)27-13-12-26-21(29)18-6-4-5-7-19(18)23(26,27)16-8-10-17(24)11-9-16/h1-15,18H,16-17H2,(H,33,36);1-5,7-12,15H,6,13-14,16H2;4-11,14H,3,12-13H2,1-2H3. The lowest BCUT2D eigenvalue weighted by atomic mass is 9.80. The number of aryl methyl sites for hydroxylation is 2. The molecule has 6 aliphatic heterocycles. The summed E-state index contributed by atoms with van der Waals surface area (Å²) in [6.07, 6.45) is 2.08. The molecule has 17 nitrogen and oxygen atoms in total. The number of hydrogen-bond acceptors (Lipinski definition) is 10. The van der Waals surface area contributed by atoms with Crippen LogP contribution in [0.15, 0.2) is 229 Å². The highest BCUT2D eigenvalue weighted by molar-refractivity contribution is 6.30. The van der Waals surface area contributed by atoms with E-state index < -0.39 is 34.4 Å². The SMILES string of the molecule is CCn1nc(C)cc1C(=O)N1CCN2C(=O)c3ccccc3C21c1ccc(Cl)cc1.O=C(Cc1cccc(C23CCCN2C(=O)c2ccccc23)c1)c1onc2ccccc12.O=C(Nc1cccc(C23c4ccccc4C(=O)N2CCN3C(=O)c2ccc(F)cc2)c1)c1ccc(F)cc1. The van der Waals surface area contributed by atoms with Gasteiger partial charge in [-0.1, -0.05) is 132 Å². The maximum Gasteiger partial charge on any atom is 0.274 e. The summed E-state index contributed by atoms with van der Waals surface area (Å²) in [5.41, 5.74) is 8.22. The number of rotatable bonds is 11. The zero-order valence-electron chi connectivity index (χ0n) is 53.7. The Morgan fingerprint density at radius 3 is 1.76 bits per heavy atom. The van der Waals surface area contributed by atoms with Crippen molar-refractivity contribution in [1.82, 2.24) is 39.4 Å². The summed E-state index contributed by atoms with van der Waals surface area (Å²) < 4.78 is 34.0. The van der Waals surface area contributed by atoms with Crippen molar-refractivity contribution in [2.45, 2.75) is 56.5 Å². The number of carbonyl (C=O) groups is 7. The molecule has 8 heterocycles. The molecular weight excluding hydrogens is 1280 g/mol. The van der Waals surface area contributed by atoms with Crippen molar-refractivity contribution >= 4 is 69.4 Å². The quantitative estimate of drug-likeness (QED) is 0.122. The molecule has 0 saturated carbocycles. The second-order valence-electron chi connectivity index (χ2n) is 25.1. The zero-order chi connectivity index (χ0) is 68.5. The van der Waals surface area contributed by atoms with Gasteiger partial charge in [0.15, 0.2) is 11.3 Å². The van der Waals surface area contributed by atoms with Crippen molar-refractivity contribution in [3.63, 3.8) is 0 Å². The molecule has 0 aliphatic carbocycles. The molecule has 6 amide bonds. The van der Waals surface area contributed by atoms with Crippen LogP contribution in [0.5, 0.6) is 0 Å². The zero-order valence-corrected chi connectivity index (χ0v) is 54.5. The first kappa shape index (κ1) is 63.4. The Kier molecular flexibility index (Phi) is 16.0. The average Bonchev–Trinajstić information content (AvgIpc) is 1.54. The third kappa shape index (κ3) is 10.3. The number of ketones is 1. The van der Waals surface area contributed by atoms with Gasteiger partial charge in [0.2, 0.25) is 11.5 Å². The molecule has 0 spiro atoms. The molecule has 0 bridgehead atoms. The molecule has 99 heavy (non-hydrogen) atoms. The monoisotopic (exact) mass is 1340 g/mol. The fraction of sp³-hybridized carbons (Fsp3) is 0.177. The Balaban J connectivity index is 0.000000122. The van der Waals surface area contributed by atoms with E-state index in [1.807, 2.05) is 139 Å². The van der Waals surface area contributed by atoms with Gasteiger partial charge in [0.25, 0.3) is 35.4 Å². The number of fused-ring (bicyclic) bond motifs is 10. The number of aromatic nitrogens is 3. The smallest absolute Gasteiger partial charge is 0.274 e. The van der Waals surface area contributed by atoms with Crippen molar-refractivity contribution in [1.29, 1.82) is 0 Å². The topological polar surface area (TPSA) is 192 Å². The Morgan fingerprint density at radius 1 is 0.545 bits per heavy atom. The largest absolute Gasteiger partial charge is 0.352 e. The van der Waals surface area contributed by atoms with Crippen LogP contribution in [-0.4, -0.2) is 113 Å². The minimum Gasteiger partial charge on any atom is -0.352 e. The van der Waals surface area contributed by atoms with Gasteiger partial charge in [0, 0.05) is 106 Å². The molecule has 9 aromatic carbocycles. The number of Topliss-reactive ketones (excluding diaryl/α,β-unsaturated/α-hetero) is 1. The number of nitrogens with zero attached hydrogens (tertiary/aromatic N) is 8. The summed E-state index contributed by atoms with van der Waals surface area (Å²) in [6.45, 7) is 6.65. The van der Waals surface area contributed by atoms with E-state index in [1.165, 1.54) is 48.5 Å². The van der Waals surface area contributed by atoms with Crippen LogP contribution in [0.1, 0.15) is 137 Å². The van der Waals surface area contributed by atoms with E-state index in [0.29, 0.717) is 81.7 Å². The minimum atomic E-state index is -1.25. The Hall–Kier alpha value is -11.7. The predicted molar refractivity (Wildman–Crippen MR) is 366 cm³/mol. The fourth-order valence-corrected chi connectivity index (χ4v) is 15.7. The van der Waals surface area contributed by atoms with E-state index in [9.17, 15) is 42.3 Å². The fourth-order valence-electron chi connectivity index (χ4n) is 15.5. The number of benzene rings is 9. The van der Waals surface area contributed by atoms with Crippen LogP contribution in [0, 0.1) is 18.6 Å². The first-order valence-electron chi connectivity index (χ1n) is 32.6. The Labute approximate surface area is 572 Å². The molecule has 3 atom stereocenters. The summed E-state index contributed by atoms with van der Waals surface area (Å²) in [5.74, 6) is -1.78. The van der Waals surface area contributed by atoms with Crippen LogP contribution < -0.4 is 5.32 Å². The van der Waals surface area contributed by atoms with E-state index in [1.54, 1.807) is 61.8 Å². The van der Waals surface area contributed by atoms with E-state index in [4.69, 9.17) is 16.1 Å². The summed E-state index contributed by atoms with van der Waals surface area (Å²) in [7, 11) is 0. The van der Waals surface area contributed by atoms with E-state index in [0.717, 1.165) is 63.8 Å². The van der Waals surface area contributed by atoms with Crippen LogP contribution in [0.3, 0.4) is 0 Å². The summed E-state index contributed by atoms with van der Waals surface area (Å²) in [5, 5.41) is 12.6. The van der Waals surface area contributed by atoms with Crippen LogP contribution in [-0.2, 0) is 29.8 Å². The molecule has 3 saturated heterocycles. The molecule has 492 valence electrons. The van der Waals surface area contributed by atoms with Crippen LogP contribution in [0.2, 0.25) is 5.02 Å². The molecule has 3 fully saturated rings. The van der Waals surface area contributed by atoms with E-state index >= 15 is 0 Å². The highest BCUT2D eigenvalue weighted by Crippen LogP contribution is 2.54. The lowest BCUT2D eigenvalue weighted by Crippen LogP contribution is -2.51. The molecule has 3 unspecified atom stereocenters. The van der Waals surface area contributed by atoms with Gasteiger partial charge in [-0.2, -0.15) is 5.10 Å². The van der Waals surface area contributed by atoms with E-state index in [-0.39, 0.29) is 53.8 Å². The van der Waals surface area contributed by atoms with Crippen LogP contribution in [0.25, 0.3) is 10.9 Å². The maximum atomic E-state index is 13.8. The first-order valence-corrected chi connectivity index (χ1v) is 33.0. The Bertz CT molecular complexity index is 5120. The lowest BCUT2D eigenvalue weighted by molar-refractivity contribution is 0.0358. The third-order valence-corrected chi connectivity index (χ3v) is 20.0. The maximum absolute atomic E-state index is 13.8. The highest BCUT2D eigenvalue weighted by atomic mass is 35.5. The normalized spacial score (nSPS) is 19.0. The van der Waals surface area contributed by atoms with Gasteiger partial charge in [0.05, 0.1) is 16.6 Å². The second-order valence-corrected chi connectivity index (χ2v) is 25.5. The summed E-state index contributed by atoms with van der Waals surface area (Å²) in [6, 6.07) is 64.8. The van der Waals surface area contributed by atoms with Crippen LogP contribution >= 0.6 is 11.6 Å². The van der Waals surface area contributed by atoms with Gasteiger partial charge in [-0.05, 0) is 153 Å². The number of amides is 6. The van der Waals surface area contributed by atoms with E-state index in [2.05, 4.69) is 33.8 Å². The van der Waals surface area contributed by atoms with Crippen molar-refractivity contribution in [2.75, 3.05) is 38.0 Å². The lowest BCUT2D eigenvalue weighted by Gasteiger charge is -2.40. The van der Waals surface area contributed by atoms with Gasteiger partial charge >= 0.3 is 0 Å². The Morgan fingerprint density at radius 2 is 1.10 bits per heavy atom. The number of nitrogens with one attached hydrogen (secondary N) is 1. The number of halogens is 3. The number of hydrogen-bond donors (Lipinski definition) is 1. The molecule has 17 rings (SSSR count).